The molecule has 2 N–H and O–H groups in total. The van der Waals surface area contributed by atoms with Gasteiger partial charge in [0.2, 0.25) is 0 Å². The van der Waals surface area contributed by atoms with Gasteiger partial charge in [-0.2, -0.15) is 0 Å². The van der Waals surface area contributed by atoms with E-state index >= 15 is 0 Å². The van der Waals surface area contributed by atoms with Crippen LogP contribution in [0, 0.1) is 34.5 Å². The van der Waals surface area contributed by atoms with Crippen molar-refractivity contribution in [2.24, 2.45) is 34.5 Å². The fourth-order valence-corrected chi connectivity index (χ4v) is 9.72. The third-order valence-corrected chi connectivity index (χ3v) is 11.8. The molecule has 0 radical (unpaired) electrons. The van der Waals surface area contributed by atoms with E-state index in [2.05, 4.69) is 19.2 Å². The summed E-state index contributed by atoms with van der Waals surface area (Å²) < 4.78 is 11.3. The Morgan fingerprint density at radius 2 is 1.94 bits per heavy atom. The number of fused-ring (bicyclic) bond motifs is 5. The first-order valence-electron chi connectivity index (χ1n) is 14.5. The summed E-state index contributed by atoms with van der Waals surface area (Å²) >= 11 is 0. The van der Waals surface area contributed by atoms with E-state index in [1.807, 2.05) is 4.90 Å². The molecule has 2 heterocycles. The van der Waals surface area contributed by atoms with Gasteiger partial charge in [-0.05, 0) is 105 Å². The molecule has 6 rings (SSSR count). The Morgan fingerprint density at radius 1 is 1.08 bits per heavy atom. The summed E-state index contributed by atoms with van der Waals surface area (Å²) in [5, 5.41) is 15.7. The molecule has 0 aromatic carbocycles. The quantitative estimate of drug-likeness (QED) is 0.557. The number of rotatable bonds is 2. The Hall–Kier alpha value is -1.60. The van der Waals surface area contributed by atoms with Crippen LogP contribution in [0.5, 0.6) is 0 Å². The highest BCUT2D eigenvalue weighted by Gasteiger charge is 2.67. The number of nitrogens with zero attached hydrogens (tertiary/aromatic N) is 1. The van der Waals surface area contributed by atoms with Crippen molar-refractivity contribution in [1.29, 1.82) is 0 Å². The molecule has 0 unspecified atom stereocenters. The van der Waals surface area contributed by atoms with E-state index in [9.17, 15) is 14.7 Å². The molecule has 0 aromatic heterocycles. The van der Waals surface area contributed by atoms with Crippen molar-refractivity contribution in [1.82, 2.24) is 10.2 Å². The highest BCUT2D eigenvalue weighted by molar-refractivity contribution is 5.85. The summed E-state index contributed by atoms with van der Waals surface area (Å²) in [7, 11) is 0. The summed E-state index contributed by atoms with van der Waals surface area (Å²) in [5.41, 5.74) is 0.426. The van der Waals surface area contributed by atoms with E-state index in [0.29, 0.717) is 24.4 Å². The Morgan fingerprint density at radius 3 is 2.75 bits per heavy atom. The molecule has 5 fully saturated rings. The van der Waals surface area contributed by atoms with Gasteiger partial charge in [0.05, 0.1) is 5.60 Å². The molecule has 0 aromatic rings. The third kappa shape index (κ3) is 3.74. The van der Waals surface area contributed by atoms with Gasteiger partial charge in [0.25, 0.3) is 0 Å². The SMILES string of the molecule is C[C@]12CC[C@H](OC(=O)N3CCCNCC3)C[C@H]1CC[C@@H]1[C@@H]2CC[C@]2(C)[C@@H](C3=CC(=O)OC3)CC[C@]12O. The van der Waals surface area contributed by atoms with Crippen LogP contribution in [-0.4, -0.2) is 66.6 Å². The first-order valence-corrected chi connectivity index (χ1v) is 14.5. The number of esters is 1. The van der Waals surface area contributed by atoms with Crippen LogP contribution < -0.4 is 5.32 Å². The summed E-state index contributed by atoms with van der Waals surface area (Å²) in [4.78, 5) is 26.5. The third-order valence-electron chi connectivity index (χ3n) is 11.8. The van der Waals surface area contributed by atoms with E-state index in [-0.39, 0.29) is 34.9 Å². The predicted octanol–water partition coefficient (Wildman–Crippen LogP) is 4.04. The largest absolute Gasteiger partial charge is 0.458 e. The summed E-state index contributed by atoms with van der Waals surface area (Å²) in [6, 6.07) is 0. The molecule has 0 bridgehead atoms. The Balaban J connectivity index is 1.15. The van der Waals surface area contributed by atoms with Crippen molar-refractivity contribution >= 4 is 12.1 Å². The monoisotopic (exact) mass is 500 g/mol. The molecule has 4 aliphatic carbocycles. The van der Waals surface area contributed by atoms with Crippen LogP contribution in [0.1, 0.15) is 78.1 Å². The Kier molecular flexibility index (Phi) is 6.18. The van der Waals surface area contributed by atoms with Gasteiger partial charge in [0.1, 0.15) is 12.7 Å². The number of hydrogen-bond acceptors (Lipinski definition) is 6. The predicted molar refractivity (Wildman–Crippen MR) is 135 cm³/mol. The molecule has 1 saturated heterocycles. The van der Waals surface area contributed by atoms with Crippen LogP contribution >= 0.6 is 0 Å². The molecule has 0 spiro atoms. The van der Waals surface area contributed by atoms with Gasteiger partial charge in [-0.15, -0.1) is 0 Å². The maximum atomic E-state index is 12.9. The smallest absolute Gasteiger partial charge is 0.410 e. The Bertz CT molecular complexity index is 929. The summed E-state index contributed by atoms with van der Waals surface area (Å²) in [6.07, 6.45) is 11.6. The summed E-state index contributed by atoms with van der Waals surface area (Å²) in [6.45, 7) is 8.46. The van der Waals surface area contributed by atoms with Gasteiger partial charge in [-0.1, -0.05) is 13.8 Å². The molecule has 36 heavy (non-hydrogen) atoms. The number of carbonyl (C=O) groups is 2. The number of ether oxygens (including phenoxy) is 2. The number of cyclic esters (lactones) is 1. The zero-order valence-electron chi connectivity index (χ0n) is 22.1. The van der Waals surface area contributed by atoms with Gasteiger partial charge in [-0.25, -0.2) is 9.59 Å². The van der Waals surface area contributed by atoms with Crippen LogP contribution in [0.15, 0.2) is 11.6 Å². The number of carbonyl (C=O) groups excluding carboxylic acids is 2. The van der Waals surface area contributed by atoms with Gasteiger partial charge in [0, 0.05) is 31.1 Å². The molecule has 8 atom stereocenters. The number of nitrogens with one attached hydrogen (secondary N) is 1. The van der Waals surface area contributed by atoms with Crippen molar-refractivity contribution in [2.45, 2.75) is 89.8 Å². The topological polar surface area (TPSA) is 88.1 Å². The van der Waals surface area contributed by atoms with Gasteiger partial charge in [0.15, 0.2) is 0 Å². The number of amides is 1. The molecular weight excluding hydrogens is 456 g/mol. The van der Waals surface area contributed by atoms with Crippen LogP contribution in [0.4, 0.5) is 4.79 Å². The van der Waals surface area contributed by atoms with Gasteiger partial charge in [-0.3, -0.25) is 0 Å². The van der Waals surface area contributed by atoms with Gasteiger partial charge >= 0.3 is 12.1 Å². The van der Waals surface area contributed by atoms with Crippen LogP contribution in [-0.2, 0) is 14.3 Å². The Labute approximate surface area is 215 Å². The van der Waals surface area contributed by atoms with Crippen molar-refractivity contribution in [3.05, 3.63) is 11.6 Å². The van der Waals surface area contributed by atoms with Crippen molar-refractivity contribution in [2.75, 3.05) is 32.8 Å². The minimum absolute atomic E-state index is 0.0167. The second kappa shape index (κ2) is 9.00. The van der Waals surface area contributed by atoms with Crippen LogP contribution in [0.2, 0.25) is 0 Å². The maximum Gasteiger partial charge on any atom is 0.410 e. The first-order chi connectivity index (χ1) is 17.2. The molecular formula is C29H44N2O5. The number of hydrogen-bond donors (Lipinski definition) is 2. The molecule has 6 aliphatic rings. The lowest BCUT2D eigenvalue weighted by Crippen LogP contribution is -2.62. The number of aliphatic hydroxyl groups is 1. The first kappa shape index (κ1) is 24.7. The van der Waals surface area contributed by atoms with E-state index in [1.165, 1.54) is 0 Å². The zero-order chi connectivity index (χ0) is 25.1. The van der Waals surface area contributed by atoms with E-state index < -0.39 is 5.60 Å². The fraction of sp³-hybridized carbons (Fsp3) is 0.862. The van der Waals surface area contributed by atoms with Crippen LogP contribution in [0.3, 0.4) is 0 Å². The normalized spacial score (nSPS) is 46.6. The lowest BCUT2D eigenvalue weighted by atomic mass is 9.43. The van der Waals surface area contributed by atoms with E-state index in [4.69, 9.17) is 9.47 Å². The molecule has 7 heteroatoms. The zero-order valence-corrected chi connectivity index (χ0v) is 22.1. The maximum absolute atomic E-state index is 12.9. The van der Waals surface area contributed by atoms with Crippen molar-refractivity contribution < 1.29 is 24.2 Å². The molecule has 7 nitrogen and oxygen atoms in total. The molecule has 4 saturated carbocycles. The molecule has 2 aliphatic heterocycles. The average Bonchev–Trinajstić information content (AvgIpc) is 3.26. The van der Waals surface area contributed by atoms with Gasteiger partial charge < -0.3 is 24.8 Å². The second-order valence-corrected chi connectivity index (χ2v) is 13.2. The van der Waals surface area contributed by atoms with Crippen molar-refractivity contribution in [3.63, 3.8) is 0 Å². The molecule has 1 amide bonds. The van der Waals surface area contributed by atoms with Crippen LogP contribution in [0.25, 0.3) is 0 Å². The highest BCUT2D eigenvalue weighted by atomic mass is 16.6. The van der Waals surface area contributed by atoms with E-state index in [0.717, 1.165) is 96.0 Å². The minimum atomic E-state index is -0.675. The average molecular weight is 501 g/mol. The fourth-order valence-electron chi connectivity index (χ4n) is 9.72. The van der Waals surface area contributed by atoms with Crippen molar-refractivity contribution in [3.8, 4) is 0 Å². The van der Waals surface area contributed by atoms with E-state index in [1.54, 1.807) is 6.08 Å². The minimum Gasteiger partial charge on any atom is -0.458 e. The molecule has 200 valence electrons. The highest BCUT2D eigenvalue weighted by Crippen LogP contribution is 2.70. The lowest BCUT2D eigenvalue weighted by Gasteiger charge is -2.63. The lowest BCUT2D eigenvalue weighted by molar-refractivity contribution is -0.208. The summed E-state index contributed by atoms with van der Waals surface area (Å²) in [5.74, 6) is 1.38. The standard InChI is InChI=1S/C29H44N2O5/c1-27-9-6-21(36-26(33)31-14-3-12-30-13-15-31)17-20(27)4-5-24-23(27)7-10-28(2)22(8-11-29(24,28)34)19-16-25(32)35-18-19/h16,20-24,30,34H,3-15,17-18H2,1-2H3/t20-,21+,22-,23+,24-,27+,28-,29+/m1/s1. The second-order valence-electron chi connectivity index (χ2n) is 13.2.